The molecule has 0 radical (unpaired) electrons. The minimum Gasteiger partial charge on any atom is -0.457 e. The van der Waals surface area contributed by atoms with E-state index < -0.39 is 0 Å². The molecule has 0 spiro atoms. The van der Waals surface area contributed by atoms with Gasteiger partial charge in [-0.1, -0.05) is 49.1 Å². The van der Waals surface area contributed by atoms with Crippen molar-refractivity contribution in [2.24, 2.45) is 5.73 Å². The van der Waals surface area contributed by atoms with Gasteiger partial charge in [0.25, 0.3) is 11.8 Å². The van der Waals surface area contributed by atoms with Crippen molar-refractivity contribution in [3.63, 3.8) is 0 Å². The molecule has 6 rings (SSSR count). The summed E-state index contributed by atoms with van der Waals surface area (Å²) in [5.74, 6) is 1.22. The van der Waals surface area contributed by atoms with E-state index in [1.165, 1.54) is 44.9 Å². The van der Waals surface area contributed by atoms with E-state index in [9.17, 15) is 9.59 Å². The first-order chi connectivity index (χ1) is 20.5. The quantitative estimate of drug-likeness (QED) is 0.378. The molecule has 2 aromatic rings. The highest BCUT2D eigenvalue weighted by molar-refractivity contribution is 6.09. The van der Waals surface area contributed by atoms with Gasteiger partial charge in [0.05, 0.1) is 11.1 Å². The monoisotopic (exact) mass is 570 g/mol. The Labute approximate surface area is 250 Å². The third-order valence-corrected chi connectivity index (χ3v) is 9.60. The summed E-state index contributed by atoms with van der Waals surface area (Å²) in [5, 5.41) is 3.34. The normalized spacial score (nSPS) is 20.7. The molecule has 4 aliphatic rings. The number of nitrogens with one attached hydrogen (secondary N) is 1. The SMILES string of the molecule is NC1CCN(C(=O)c2ccc3c(c2C(=O)NC2CCN(CC4=CCCCCCCC4)CC2)Cc2ccccc2O3)CC1. The van der Waals surface area contributed by atoms with Crippen LogP contribution in [0.25, 0.3) is 0 Å². The van der Waals surface area contributed by atoms with Gasteiger partial charge in [0.2, 0.25) is 0 Å². The van der Waals surface area contributed by atoms with Gasteiger partial charge in [0.15, 0.2) is 0 Å². The molecule has 1 aliphatic carbocycles. The van der Waals surface area contributed by atoms with Gasteiger partial charge in [-0.15, -0.1) is 0 Å². The van der Waals surface area contributed by atoms with E-state index in [4.69, 9.17) is 10.5 Å². The molecule has 0 atom stereocenters. The van der Waals surface area contributed by atoms with Gasteiger partial charge in [0.1, 0.15) is 11.5 Å². The molecule has 3 heterocycles. The number of piperidine rings is 2. The molecule has 0 bridgehead atoms. The number of para-hydroxylation sites is 1. The van der Waals surface area contributed by atoms with Crippen LogP contribution in [-0.4, -0.2) is 66.4 Å². The van der Waals surface area contributed by atoms with Gasteiger partial charge in [-0.05, 0) is 75.1 Å². The van der Waals surface area contributed by atoms with E-state index in [2.05, 4.69) is 16.3 Å². The van der Waals surface area contributed by atoms with Crippen LogP contribution >= 0.6 is 0 Å². The molecule has 0 saturated carbocycles. The molecular formula is C35H46N4O3. The zero-order valence-corrected chi connectivity index (χ0v) is 24.9. The lowest BCUT2D eigenvalue weighted by Crippen LogP contribution is -2.46. The molecule has 2 fully saturated rings. The maximum Gasteiger partial charge on any atom is 0.254 e. The van der Waals surface area contributed by atoms with Crippen molar-refractivity contribution in [1.29, 1.82) is 0 Å². The van der Waals surface area contributed by atoms with Crippen molar-refractivity contribution >= 4 is 11.8 Å². The number of hydrogen-bond donors (Lipinski definition) is 2. The van der Waals surface area contributed by atoms with Crippen molar-refractivity contribution in [2.45, 2.75) is 89.1 Å². The lowest BCUT2D eigenvalue weighted by molar-refractivity contribution is 0.0707. The molecular weight excluding hydrogens is 524 g/mol. The van der Waals surface area contributed by atoms with E-state index in [-0.39, 0.29) is 23.9 Å². The van der Waals surface area contributed by atoms with Crippen LogP contribution in [0.4, 0.5) is 0 Å². The molecule has 0 unspecified atom stereocenters. The van der Waals surface area contributed by atoms with Crippen LogP contribution in [0.5, 0.6) is 11.5 Å². The molecule has 0 aromatic heterocycles. The molecule has 3 N–H and O–H groups in total. The van der Waals surface area contributed by atoms with Gasteiger partial charge in [-0.25, -0.2) is 0 Å². The number of carbonyl (C=O) groups is 2. The standard InChI is InChI=1S/C35H46N4O3/c36-27-15-21-39(22-16-27)35(41)29-13-14-32-30(23-26-11-7-8-12-31(26)42-32)33(29)34(40)37-28-17-19-38(20-18-28)24-25-9-5-3-1-2-4-6-10-25/h7-9,11-14,27-28H,1-6,10,15-24,36H2,(H,37,40). The predicted molar refractivity (Wildman–Crippen MR) is 166 cm³/mol. The van der Waals surface area contributed by atoms with Crippen molar-refractivity contribution in [1.82, 2.24) is 15.1 Å². The third kappa shape index (κ3) is 6.73. The smallest absolute Gasteiger partial charge is 0.254 e. The highest BCUT2D eigenvalue weighted by Gasteiger charge is 2.32. The van der Waals surface area contributed by atoms with Gasteiger partial charge in [-0.2, -0.15) is 0 Å². The number of ether oxygens (including phenoxy) is 1. The summed E-state index contributed by atoms with van der Waals surface area (Å²) in [4.78, 5) is 32.3. The first-order valence-corrected chi connectivity index (χ1v) is 16.2. The minimum atomic E-state index is -0.163. The van der Waals surface area contributed by atoms with Crippen molar-refractivity contribution in [3.8, 4) is 11.5 Å². The summed E-state index contributed by atoms with van der Waals surface area (Å²) in [6, 6.07) is 11.8. The molecule has 7 heteroatoms. The molecule has 2 aromatic carbocycles. The fourth-order valence-electron chi connectivity index (χ4n) is 7.03. The predicted octanol–water partition coefficient (Wildman–Crippen LogP) is 5.81. The zero-order valence-electron chi connectivity index (χ0n) is 24.9. The Morgan fingerprint density at radius 2 is 1.64 bits per heavy atom. The van der Waals surface area contributed by atoms with E-state index in [1.54, 1.807) is 11.6 Å². The molecule has 42 heavy (non-hydrogen) atoms. The molecule has 224 valence electrons. The van der Waals surface area contributed by atoms with Crippen LogP contribution in [0.1, 0.15) is 102 Å². The summed E-state index contributed by atoms with van der Waals surface area (Å²) < 4.78 is 6.23. The van der Waals surface area contributed by atoms with E-state index >= 15 is 0 Å². The van der Waals surface area contributed by atoms with Crippen LogP contribution in [-0.2, 0) is 6.42 Å². The molecule has 2 amide bonds. The van der Waals surface area contributed by atoms with E-state index in [1.807, 2.05) is 35.2 Å². The molecule has 7 nitrogen and oxygen atoms in total. The van der Waals surface area contributed by atoms with Crippen LogP contribution in [0.3, 0.4) is 0 Å². The third-order valence-electron chi connectivity index (χ3n) is 9.60. The summed E-state index contributed by atoms with van der Waals surface area (Å²) in [5.41, 5.74) is 10.5. The molecule has 3 aliphatic heterocycles. The van der Waals surface area contributed by atoms with Crippen LogP contribution in [0, 0.1) is 0 Å². The van der Waals surface area contributed by atoms with Crippen molar-refractivity contribution < 1.29 is 14.3 Å². The second kappa shape index (κ2) is 13.4. The summed E-state index contributed by atoms with van der Waals surface area (Å²) in [6.07, 6.45) is 15.6. The maximum atomic E-state index is 14.1. The van der Waals surface area contributed by atoms with Crippen molar-refractivity contribution in [2.75, 3.05) is 32.7 Å². The highest BCUT2D eigenvalue weighted by Crippen LogP contribution is 2.39. The summed E-state index contributed by atoms with van der Waals surface area (Å²) in [6.45, 7) is 4.25. The highest BCUT2D eigenvalue weighted by atomic mass is 16.5. The first kappa shape index (κ1) is 28.9. The fraction of sp³-hybridized carbons (Fsp3) is 0.543. The second-order valence-electron chi connectivity index (χ2n) is 12.7. The lowest BCUT2D eigenvalue weighted by atomic mass is 9.90. The fourth-order valence-corrected chi connectivity index (χ4v) is 7.03. The average Bonchev–Trinajstić information content (AvgIpc) is 3.14. The Morgan fingerprint density at radius 3 is 2.48 bits per heavy atom. The Morgan fingerprint density at radius 1 is 0.881 bits per heavy atom. The maximum absolute atomic E-state index is 14.1. The summed E-state index contributed by atoms with van der Waals surface area (Å²) >= 11 is 0. The van der Waals surface area contributed by atoms with Crippen molar-refractivity contribution in [3.05, 3.63) is 70.3 Å². The minimum absolute atomic E-state index is 0.0897. The Bertz CT molecular complexity index is 1310. The Hall–Kier alpha value is -3.16. The van der Waals surface area contributed by atoms with Crippen LogP contribution in [0.15, 0.2) is 48.0 Å². The lowest BCUT2D eigenvalue weighted by Gasteiger charge is -2.34. The van der Waals surface area contributed by atoms with Gasteiger partial charge in [-0.3, -0.25) is 14.5 Å². The van der Waals surface area contributed by atoms with Crippen LogP contribution in [0.2, 0.25) is 0 Å². The number of fused-ring (bicyclic) bond motifs is 2. The average molecular weight is 571 g/mol. The van der Waals surface area contributed by atoms with Gasteiger partial charge >= 0.3 is 0 Å². The number of allylic oxidation sites excluding steroid dienone is 1. The van der Waals surface area contributed by atoms with Crippen LogP contribution < -0.4 is 15.8 Å². The number of nitrogens with zero attached hydrogens (tertiary/aromatic N) is 2. The topological polar surface area (TPSA) is 87.9 Å². The largest absolute Gasteiger partial charge is 0.457 e. The van der Waals surface area contributed by atoms with E-state index in [0.29, 0.717) is 36.4 Å². The second-order valence-corrected chi connectivity index (χ2v) is 12.7. The number of carbonyl (C=O) groups excluding carboxylic acids is 2. The zero-order chi connectivity index (χ0) is 28.9. The summed E-state index contributed by atoms with van der Waals surface area (Å²) in [7, 11) is 0. The number of benzene rings is 2. The Balaban J connectivity index is 1.17. The number of amides is 2. The number of nitrogens with two attached hydrogens (primary N) is 1. The number of rotatable bonds is 5. The number of hydrogen-bond acceptors (Lipinski definition) is 5. The Kier molecular flexibility index (Phi) is 9.25. The molecule has 2 saturated heterocycles. The van der Waals surface area contributed by atoms with E-state index in [0.717, 1.165) is 62.2 Å². The van der Waals surface area contributed by atoms with Gasteiger partial charge < -0.3 is 20.7 Å². The first-order valence-electron chi connectivity index (χ1n) is 16.2. The van der Waals surface area contributed by atoms with Gasteiger partial charge in [0, 0.05) is 56.8 Å². The number of likely N-dealkylation sites (tertiary alicyclic amines) is 2.